The number of methoxy groups -OCH3 is 1. The summed E-state index contributed by atoms with van der Waals surface area (Å²) in [6, 6.07) is 5.95. The molecule has 1 aromatic rings. The van der Waals surface area contributed by atoms with Crippen LogP contribution >= 0.6 is 0 Å². The Morgan fingerprint density at radius 2 is 2.12 bits per heavy atom. The lowest BCUT2D eigenvalue weighted by Crippen LogP contribution is -2.11. The van der Waals surface area contributed by atoms with Crippen LogP contribution in [-0.2, 0) is 10.3 Å². The molecule has 0 amide bonds. The highest BCUT2D eigenvalue weighted by atomic mass is 16.5. The third-order valence-corrected chi connectivity index (χ3v) is 3.18. The summed E-state index contributed by atoms with van der Waals surface area (Å²) >= 11 is 0. The van der Waals surface area contributed by atoms with Crippen LogP contribution in [0.2, 0.25) is 0 Å². The number of hydrogen-bond donors (Lipinski definition) is 0. The number of nitrogens with zero attached hydrogens (tertiary/aromatic N) is 2. The van der Waals surface area contributed by atoms with Crippen LogP contribution in [0.25, 0.3) is 0 Å². The summed E-state index contributed by atoms with van der Waals surface area (Å²) in [6.07, 6.45) is 3.44. The van der Waals surface area contributed by atoms with Crippen molar-refractivity contribution in [1.82, 2.24) is 0 Å². The molecule has 0 bridgehead atoms. The van der Waals surface area contributed by atoms with Gasteiger partial charge in [-0.1, -0.05) is 0 Å². The van der Waals surface area contributed by atoms with E-state index in [1.807, 2.05) is 37.2 Å². The Morgan fingerprint density at radius 1 is 1.41 bits per heavy atom. The quantitative estimate of drug-likeness (QED) is 0.589. The molecule has 1 fully saturated rings. The number of carbonyl (C=O) groups excluding carboxylic acids is 1. The van der Waals surface area contributed by atoms with Crippen molar-refractivity contribution in [3.63, 3.8) is 0 Å². The molecule has 0 aromatic heterocycles. The first-order valence-corrected chi connectivity index (χ1v) is 5.58. The van der Waals surface area contributed by atoms with E-state index in [4.69, 9.17) is 4.74 Å². The van der Waals surface area contributed by atoms with E-state index in [0.29, 0.717) is 0 Å². The van der Waals surface area contributed by atoms with Crippen LogP contribution in [0.4, 0.5) is 5.69 Å². The van der Waals surface area contributed by atoms with Crippen LogP contribution in [0.5, 0.6) is 5.75 Å². The normalized spacial score (nSPS) is 15.9. The Kier molecular flexibility index (Phi) is 2.90. The summed E-state index contributed by atoms with van der Waals surface area (Å²) in [5, 5.41) is 0. The average Bonchev–Trinajstić information content (AvgIpc) is 3.09. The SMILES string of the molecule is COc1ccc(N(C)C)cc1C1(N=C=O)CC1. The maximum Gasteiger partial charge on any atom is 0.235 e. The molecule has 1 aromatic carbocycles. The van der Waals surface area contributed by atoms with Crippen molar-refractivity contribution in [3.05, 3.63) is 23.8 Å². The molecule has 4 heteroatoms. The van der Waals surface area contributed by atoms with Gasteiger partial charge in [-0.25, -0.2) is 4.79 Å². The Balaban J connectivity index is 2.50. The highest BCUT2D eigenvalue weighted by Gasteiger charge is 2.47. The van der Waals surface area contributed by atoms with Gasteiger partial charge in [-0.15, -0.1) is 0 Å². The van der Waals surface area contributed by atoms with Gasteiger partial charge in [0.2, 0.25) is 6.08 Å². The van der Waals surface area contributed by atoms with Gasteiger partial charge < -0.3 is 9.64 Å². The monoisotopic (exact) mass is 232 g/mol. The number of rotatable bonds is 4. The van der Waals surface area contributed by atoms with Crippen molar-refractivity contribution in [2.75, 3.05) is 26.1 Å². The van der Waals surface area contributed by atoms with Gasteiger partial charge in [0.15, 0.2) is 0 Å². The zero-order valence-corrected chi connectivity index (χ0v) is 10.4. The van der Waals surface area contributed by atoms with Gasteiger partial charge in [0.25, 0.3) is 0 Å². The van der Waals surface area contributed by atoms with Gasteiger partial charge in [0, 0.05) is 25.3 Å². The molecule has 0 N–H and O–H groups in total. The van der Waals surface area contributed by atoms with Gasteiger partial charge in [-0.2, -0.15) is 4.99 Å². The minimum atomic E-state index is -0.390. The second kappa shape index (κ2) is 4.22. The molecule has 0 spiro atoms. The summed E-state index contributed by atoms with van der Waals surface area (Å²) in [5.74, 6) is 0.784. The minimum absolute atomic E-state index is 0.390. The highest BCUT2D eigenvalue weighted by Crippen LogP contribution is 2.52. The predicted octanol–water partition coefficient (Wildman–Crippen LogP) is 2.09. The van der Waals surface area contributed by atoms with E-state index in [1.54, 1.807) is 13.2 Å². The molecule has 0 saturated heterocycles. The maximum atomic E-state index is 10.5. The second-order valence-electron chi connectivity index (χ2n) is 4.51. The van der Waals surface area contributed by atoms with E-state index in [2.05, 4.69) is 4.99 Å². The van der Waals surface area contributed by atoms with Crippen LogP contribution in [-0.4, -0.2) is 27.3 Å². The smallest absolute Gasteiger partial charge is 0.235 e. The lowest BCUT2D eigenvalue weighted by molar-refractivity contribution is 0.404. The second-order valence-corrected chi connectivity index (χ2v) is 4.51. The summed E-state index contributed by atoms with van der Waals surface area (Å²) in [6.45, 7) is 0. The molecule has 4 nitrogen and oxygen atoms in total. The Morgan fingerprint density at radius 3 is 2.59 bits per heavy atom. The molecule has 0 heterocycles. The molecule has 0 atom stereocenters. The maximum absolute atomic E-state index is 10.5. The fourth-order valence-electron chi connectivity index (χ4n) is 1.98. The van der Waals surface area contributed by atoms with Crippen LogP contribution in [0.1, 0.15) is 18.4 Å². The van der Waals surface area contributed by atoms with Gasteiger partial charge in [-0.05, 0) is 31.0 Å². The fraction of sp³-hybridized carbons (Fsp3) is 0.462. The number of aliphatic imine (C=N–C) groups is 1. The Bertz CT molecular complexity index is 472. The van der Waals surface area contributed by atoms with Gasteiger partial charge in [0.05, 0.1) is 7.11 Å². The number of benzene rings is 1. The van der Waals surface area contributed by atoms with Crippen molar-refractivity contribution < 1.29 is 9.53 Å². The topological polar surface area (TPSA) is 41.9 Å². The van der Waals surface area contributed by atoms with Crippen LogP contribution < -0.4 is 9.64 Å². The number of anilines is 1. The minimum Gasteiger partial charge on any atom is -0.496 e. The van der Waals surface area contributed by atoms with E-state index in [9.17, 15) is 4.79 Å². The molecule has 0 unspecified atom stereocenters. The van der Waals surface area contributed by atoms with Crippen molar-refractivity contribution >= 4 is 11.8 Å². The first-order chi connectivity index (χ1) is 8.13. The lowest BCUT2D eigenvalue weighted by atomic mass is 10.0. The average molecular weight is 232 g/mol. The molecule has 1 saturated carbocycles. The van der Waals surface area contributed by atoms with E-state index in [0.717, 1.165) is 29.8 Å². The van der Waals surface area contributed by atoms with Gasteiger partial charge in [-0.3, -0.25) is 0 Å². The Labute approximate surface area is 101 Å². The number of hydrogen-bond acceptors (Lipinski definition) is 4. The van der Waals surface area contributed by atoms with Crippen LogP contribution in [0, 0.1) is 0 Å². The third kappa shape index (κ3) is 2.04. The number of isocyanates is 1. The largest absolute Gasteiger partial charge is 0.496 e. The van der Waals surface area contributed by atoms with E-state index < -0.39 is 0 Å². The summed E-state index contributed by atoms with van der Waals surface area (Å²) < 4.78 is 5.34. The van der Waals surface area contributed by atoms with E-state index in [1.165, 1.54) is 0 Å². The Hall–Kier alpha value is -1.80. The molecule has 0 radical (unpaired) electrons. The van der Waals surface area contributed by atoms with Crippen LogP contribution in [0.3, 0.4) is 0 Å². The molecular formula is C13H16N2O2. The summed E-state index contributed by atoms with van der Waals surface area (Å²) in [7, 11) is 5.59. The molecule has 0 aliphatic heterocycles. The molecule has 1 aliphatic rings. The number of ether oxygens (including phenoxy) is 1. The standard InChI is InChI=1S/C13H16N2O2/c1-15(2)10-4-5-12(17-3)11(8-10)13(6-7-13)14-9-16/h4-5,8H,6-7H2,1-3H3. The first kappa shape index (κ1) is 11.7. The van der Waals surface area contributed by atoms with Gasteiger partial charge in [0.1, 0.15) is 11.3 Å². The van der Waals surface area contributed by atoms with Crippen LogP contribution in [0.15, 0.2) is 23.2 Å². The molecule has 90 valence electrons. The van der Waals surface area contributed by atoms with Crippen molar-refractivity contribution in [2.45, 2.75) is 18.4 Å². The molecular weight excluding hydrogens is 216 g/mol. The van der Waals surface area contributed by atoms with Gasteiger partial charge >= 0.3 is 0 Å². The molecule has 2 rings (SSSR count). The van der Waals surface area contributed by atoms with E-state index >= 15 is 0 Å². The predicted molar refractivity (Wildman–Crippen MR) is 66.4 cm³/mol. The third-order valence-electron chi connectivity index (χ3n) is 3.18. The zero-order chi connectivity index (χ0) is 12.5. The summed E-state index contributed by atoms with van der Waals surface area (Å²) in [5.41, 5.74) is 1.67. The fourth-order valence-corrected chi connectivity index (χ4v) is 1.98. The molecule has 17 heavy (non-hydrogen) atoms. The van der Waals surface area contributed by atoms with Crippen molar-refractivity contribution in [3.8, 4) is 5.75 Å². The van der Waals surface area contributed by atoms with Crippen molar-refractivity contribution in [1.29, 1.82) is 0 Å². The highest BCUT2D eigenvalue weighted by molar-refractivity contribution is 5.57. The molecule has 1 aliphatic carbocycles. The zero-order valence-electron chi connectivity index (χ0n) is 10.4. The first-order valence-electron chi connectivity index (χ1n) is 5.58. The summed E-state index contributed by atoms with van der Waals surface area (Å²) in [4.78, 5) is 16.5. The van der Waals surface area contributed by atoms with E-state index in [-0.39, 0.29) is 5.54 Å². The lowest BCUT2D eigenvalue weighted by Gasteiger charge is -2.18. The van der Waals surface area contributed by atoms with Crippen molar-refractivity contribution in [2.24, 2.45) is 4.99 Å².